The number of hydrogen-bond acceptors (Lipinski definition) is 5. The molecule has 0 saturated carbocycles. The lowest BCUT2D eigenvalue weighted by atomic mass is 10.2. The second kappa shape index (κ2) is 7.86. The Morgan fingerprint density at radius 2 is 1.68 bits per heavy atom. The van der Waals surface area contributed by atoms with E-state index in [1.807, 2.05) is 19.9 Å². The number of rotatable bonds is 7. The Labute approximate surface area is 164 Å². The van der Waals surface area contributed by atoms with Crippen LogP contribution in [0.4, 0.5) is 5.69 Å². The molecule has 0 radical (unpaired) electrons. The summed E-state index contributed by atoms with van der Waals surface area (Å²) < 4.78 is 54.9. The topological polar surface area (TPSA) is 105 Å². The number of benzene rings is 2. The highest BCUT2D eigenvalue weighted by Gasteiger charge is 2.19. The van der Waals surface area contributed by atoms with Gasteiger partial charge in [-0.3, -0.25) is 9.71 Å². The lowest BCUT2D eigenvalue weighted by Gasteiger charge is -2.11. The molecule has 3 rings (SSSR count). The molecule has 0 saturated heterocycles. The van der Waals surface area contributed by atoms with Crippen molar-refractivity contribution in [2.75, 3.05) is 11.3 Å². The van der Waals surface area contributed by atoms with E-state index < -0.39 is 20.0 Å². The van der Waals surface area contributed by atoms with Gasteiger partial charge in [-0.1, -0.05) is 19.1 Å². The van der Waals surface area contributed by atoms with Gasteiger partial charge in [-0.15, -0.1) is 0 Å². The molecule has 2 N–H and O–H groups in total. The van der Waals surface area contributed by atoms with Gasteiger partial charge in [-0.25, -0.2) is 21.6 Å². The lowest BCUT2D eigenvalue weighted by molar-refractivity contribution is 0.581. The first-order valence-electron chi connectivity index (χ1n) is 8.71. The number of sulfonamides is 2. The highest BCUT2D eigenvalue weighted by Crippen LogP contribution is 2.24. The molecule has 148 valence electrons. The largest absolute Gasteiger partial charge is 0.280 e. The quantitative estimate of drug-likeness (QED) is 0.612. The third-order valence-electron chi connectivity index (χ3n) is 4.06. The number of nitrogens with one attached hydrogen (secondary N) is 2. The minimum Gasteiger partial charge on any atom is -0.280 e. The van der Waals surface area contributed by atoms with Gasteiger partial charge in [0.25, 0.3) is 10.0 Å². The predicted octanol–water partition coefficient (Wildman–Crippen LogP) is 3.03. The second-order valence-electron chi connectivity index (χ2n) is 6.37. The second-order valence-corrected chi connectivity index (χ2v) is 9.79. The zero-order chi connectivity index (χ0) is 20.4. The number of pyridine rings is 1. The molecule has 1 heterocycles. The summed E-state index contributed by atoms with van der Waals surface area (Å²) in [4.78, 5) is 4.39. The molecule has 0 aliphatic carbocycles. The molecule has 0 atom stereocenters. The van der Waals surface area contributed by atoms with Crippen LogP contribution in [0.1, 0.15) is 18.9 Å². The SMILES string of the molecule is CCCNS(=O)(=O)c1ccc(NS(=O)(=O)c2cccc3cc(C)cnc23)cc1. The van der Waals surface area contributed by atoms with Crippen molar-refractivity contribution >= 4 is 36.6 Å². The van der Waals surface area contributed by atoms with E-state index in [0.29, 0.717) is 18.5 Å². The number of hydrogen-bond donors (Lipinski definition) is 2. The third-order valence-corrected chi connectivity index (χ3v) is 6.95. The Hall–Kier alpha value is -2.49. The number of para-hydroxylation sites is 1. The van der Waals surface area contributed by atoms with Gasteiger partial charge in [0.2, 0.25) is 10.0 Å². The lowest BCUT2D eigenvalue weighted by Crippen LogP contribution is -2.24. The summed E-state index contributed by atoms with van der Waals surface area (Å²) in [5.74, 6) is 0. The summed E-state index contributed by atoms with van der Waals surface area (Å²) in [7, 11) is -7.50. The van der Waals surface area contributed by atoms with E-state index in [4.69, 9.17) is 0 Å². The normalized spacial score (nSPS) is 12.2. The minimum atomic E-state index is -3.89. The molecule has 0 spiro atoms. The van der Waals surface area contributed by atoms with E-state index in [1.165, 1.54) is 30.3 Å². The molecule has 9 heteroatoms. The maximum atomic E-state index is 12.8. The van der Waals surface area contributed by atoms with Crippen LogP contribution in [0.3, 0.4) is 0 Å². The zero-order valence-corrected chi connectivity index (χ0v) is 17.1. The molecule has 0 aliphatic rings. The summed E-state index contributed by atoms with van der Waals surface area (Å²) in [6.07, 6.45) is 2.29. The zero-order valence-electron chi connectivity index (χ0n) is 15.5. The summed E-state index contributed by atoms with van der Waals surface area (Å²) in [5.41, 5.74) is 1.57. The van der Waals surface area contributed by atoms with E-state index in [2.05, 4.69) is 14.4 Å². The van der Waals surface area contributed by atoms with Crippen LogP contribution in [0.2, 0.25) is 0 Å². The van der Waals surface area contributed by atoms with Crippen molar-refractivity contribution in [3.63, 3.8) is 0 Å². The standard InChI is InChI=1S/C19H21N3O4S2/c1-3-11-21-27(23,24)17-9-7-16(8-10-17)22-28(25,26)18-6-4-5-15-12-14(2)13-20-19(15)18/h4-10,12-13,21-22H,3,11H2,1-2H3. The Balaban J connectivity index is 1.89. The maximum Gasteiger partial charge on any atom is 0.264 e. The fraction of sp³-hybridized carbons (Fsp3) is 0.211. The first-order chi connectivity index (χ1) is 13.2. The molecule has 0 unspecified atom stereocenters. The van der Waals surface area contributed by atoms with Gasteiger partial charge in [0, 0.05) is 23.8 Å². The average Bonchev–Trinajstić information content (AvgIpc) is 2.66. The number of nitrogens with zero attached hydrogens (tertiary/aromatic N) is 1. The third kappa shape index (κ3) is 4.32. The van der Waals surface area contributed by atoms with E-state index in [0.717, 1.165) is 10.9 Å². The number of aryl methyl sites for hydroxylation is 1. The highest BCUT2D eigenvalue weighted by atomic mass is 32.2. The van der Waals surface area contributed by atoms with Crippen LogP contribution in [0.25, 0.3) is 10.9 Å². The summed E-state index contributed by atoms with van der Waals surface area (Å²) in [6.45, 7) is 4.09. The van der Waals surface area contributed by atoms with Crippen molar-refractivity contribution in [3.8, 4) is 0 Å². The molecule has 0 bridgehead atoms. The first kappa shape index (κ1) is 20.2. The van der Waals surface area contributed by atoms with E-state index in [9.17, 15) is 16.8 Å². The molecule has 0 aliphatic heterocycles. The van der Waals surface area contributed by atoms with Gasteiger partial charge in [-0.05, 0) is 55.3 Å². The summed E-state index contributed by atoms with van der Waals surface area (Å²) in [5, 5.41) is 0.728. The number of anilines is 1. The van der Waals surface area contributed by atoms with Crippen LogP contribution in [0, 0.1) is 6.92 Å². The van der Waals surface area contributed by atoms with Crippen molar-refractivity contribution in [3.05, 3.63) is 60.3 Å². The van der Waals surface area contributed by atoms with Crippen molar-refractivity contribution in [2.24, 2.45) is 0 Å². The molecule has 0 fully saturated rings. The smallest absolute Gasteiger partial charge is 0.264 e. The van der Waals surface area contributed by atoms with Gasteiger partial charge in [-0.2, -0.15) is 0 Å². The molecular weight excluding hydrogens is 398 g/mol. The predicted molar refractivity (Wildman–Crippen MR) is 109 cm³/mol. The maximum absolute atomic E-state index is 12.8. The van der Waals surface area contributed by atoms with Gasteiger partial charge in [0.1, 0.15) is 4.90 Å². The molecule has 3 aromatic rings. The molecular formula is C19H21N3O4S2. The molecule has 7 nitrogen and oxygen atoms in total. The molecule has 28 heavy (non-hydrogen) atoms. The molecule has 0 amide bonds. The highest BCUT2D eigenvalue weighted by molar-refractivity contribution is 7.93. The van der Waals surface area contributed by atoms with Gasteiger partial charge in [0.05, 0.1) is 10.4 Å². The van der Waals surface area contributed by atoms with Crippen LogP contribution >= 0.6 is 0 Å². The van der Waals surface area contributed by atoms with Crippen LogP contribution < -0.4 is 9.44 Å². The van der Waals surface area contributed by atoms with Gasteiger partial charge in [0.15, 0.2) is 0 Å². The minimum absolute atomic E-state index is 0.0614. The van der Waals surface area contributed by atoms with Crippen molar-refractivity contribution in [1.82, 2.24) is 9.71 Å². The van der Waals surface area contributed by atoms with E-state index >= 15 is 0 Å². The van der Waals surface area contributed by atoms with E-state index in [1.54, 1.807) is 18.3 Å². The van der Waals surface area contributed by atoms with Gasteiger partial charge >= 0.3 is 0 Å². The molecule has 1 aromatic heterocycles. The van der Waals surface area contributed by atoms with Crippen molar-refractivity contribution in [2.45, 2.75) is 30.1 Å². The average molecular weight is 420 g/mol. The number of fused-ring (bicyclic) bond motifs is 1. The molecule has 2 aromatic carbocycles. The van der Waals surface area contributed by atoms with E-state index in [-0.39, 0.29) is 15.5 Å². The van der Waals surface area contributed by atoms with Crippen molar-refractivity contribution in [1.29, 1.82) is 0 Å². The summed E-state index contributed by atoms with van der Waals surface area (Å²) >= 11 is 0. The van der Waals surface area contributed by atoms with Crippen LogP contribution in [0.15, 0.2) is 64.5 Å². The van der Waals surface area contributed by atoms with Crippen LogP contribution in [-0.4, -0.2) is 28.4 Å². The fourth-order valence-corrected chi connectivity index (χ4v) is 5.06. The monoisotopic (exact) mass is 419 g/mol. The van der Waals surface area contributed by atoms with Crippen LogP contribution in [0.5, 0.6) is 0 Å². The Bertz CT molecular complexity index is 1210. The van der Waals surface area contributed by atoms with Crippen molar-refractivity contribution < 1.29 is 16.8 Å². The summed E-state index contributed by atoms with van der Waals surface area (Å²) in [6, 6.07) is 12.4. The Morgan fingerprint density at radius 1 is 0.964 bits per heavy atom. The number of aromatic nitrogens is 1. The Kier molecular flexibility index (Phi) is 5.69. The van der Waals surface area contributed by atoms with Crippen LogP contribution in [-0.2, 0) is 20.0 Å². The Morgan fingerprint density at radius 3 is 2.36 bits per heavy atom. The first-order valence-corrected chi connectivity index (χ1v) is 11.7. The fourth-order valence-electron chi connectivity index (χ4n) is 2.69. The van der Waals surface area contributed by atoms with Gasteiger partial charge < -0.3 is 0 Å².